The maximum Gasteiger partial charge on any atom is 0.223 e. The predicted molar refractivity (Wildman–Crippen MR) is 70.4 cm³/mol. The molecule has 0 aliphatic carbocycles. The topological polar surface area (TPSA) is 58.4 Å². The molecule has 3 N–H and O–H groups in total. The number of hydrogen-bond donors (Lipinski definition) is 2. The van der Waals surface area contributed by atoms with E-state index < -0.39 is 0 Å². The van der Waals surface area contributed by atoms with E-state index in [1.807, 2.05) is 18.9 Å². The van der Waals surface area contributed by atoms with Crippen molar-refractivity contribution in [2.75, 3.05) is 26.4 Å². The van der Waals surface area contributed by atoms with Gasteiger partial charge in [0.1, 0.15) is 5.82 Å². The lowest BCUT2D eigenvalue weighted by atomic mass is 10.1. The summed E-state index contributed by atoms with van der Waals surface area (Å²) in [5, 5.41) is 2.59. The summed E-state index contributed by atoms with van der Waals surface area (Å²) in [7, 11) is 3.44. The average Bonchev–Trinajstić information content (AvgIpc) is 2.32. The SMILES string of the molecule is CNC(=O)C(C)CN(C)Cc1c(N)cccc1F. The molecule has 0 saturated heterocycles. The molecule has 0 aliphatic heterocycles. The van der Waals surface area contributed by atoms with Crippen LogP contribution < -0.4 is 11.1 Å². The van der Waals surface area contributed by atoms with Crippen LogP contribution in [0.2, 0.25) is 0 Å². The van der Waals surface area contributed by atoms with Crippen LogP contribution in [0.15, 0.2) is 18.2 Å². The van der Waals surface area contributed by atoms with Crippen molar-refractivity contribution in [1.82, 2.24) is 10.2 Å². The number of carbonyl (C=O) groups is 1. The van der Waals surface area contributed by atoms with Crippen molar-refractivity contribution in [3.05, 3.63) is 29.6 Å². The minimum Gasteiger partial charge on any atom is -0.398 e. The molecule has 0 fully saturated rings. The van der Waals surface area contributed by atoms with E-state index in [0.29, 0.717) is 24.3 Å². The lowest BCUT2D eigenvalue weighted by Crippen LogP contribution is -2.34. The van der Waals surface area contributed by atoms with Crippen molar-refractivity contribution in [2.45, 2.75) is 13.5 Å². The third-order valence-corrected chi connectivity index (χ3v) is 2.86. The molecule has 0 bridgehead atoms. The molecule has 0 heterocycles. The van der Waals surface area contributed by atoms with Gasteiger partial charge >= 0.3 is 0 Å². The molecular weight excluding hydrogens is 233 g/mol. The van der Waals surface area contributed by atoms with Crippen molar-refractivity contribution in [1.29, 1.82) is 0 Å². The Bertz CT molecular complexity index is 402. The van der Waals surface area contributed by atoms with Gasteiger partial charge in [0, 0.05) is 37.3 Å². The van der Waals surface area contributed by atoms with Crippen LogP contribution in [0, 0.1) is 11.7 Å². The van der Waals surface area contributed by atoms with E-state index in [4.69, 9.17) is 5.73 Å². The third kappa shape index (κ3) is 3.70. The molecule has 18 heavy (non-hydrogen) atoms. The zero-order valence-electron chi connectivity index (χ0n) is 11.0. The molecule has 0 radical (unpaired) electrons. The summed E-state index contributed by atoms with van der Waals surface area (Å²) >= 11 is 0. The van der Waals surface area contributed by atoms with Gasteiger partial charge in [-0.3, -0.25) is 4.79 Å². The Morgan fingerprint density at radius 1 is 1.56 bits per heavy atom. The first-order chi connectivity index (χ1) is 8.45. The first kappa shape index (κ1) is 14.4. The number of rotatable bonds is 5. The fourth-order valence-electron chi connectivity index (χ4n) is 1.87. The Kier molecular flexibility index (Phi) is 5.09. The number of nitrogens with zero attached hydrogens (tertiary/aromatic N) is 1. The molecule has 1 aromatic carbocycles. The average molecular weight is 253 g/mol. The van der Waals surface area contributed by atoms with Gasteiger partial charge in [-0.05, 0) is 19.2 Å². The largest absolute Gasteiger partial charge is 0.398 e. The highest BCUT2D eigenvalue weighted by molar-refractivity contribution is 5.78. The quantitative estimate of drug-likeness (QED) is 0.776. The highest BCUT2D eigenvalue weighted by Crippen LogP contribution is 2.17. The number of nitrogens with one attached hydrogen (secondary N) is 1. The van der Waals surface area contributed by atoms with E-state index in [9.17, 15) is 9.18 Å². The van der Waals surface area contributed by atoms with Crippen molar-refractivity contribution in [2.24, 2.45) is 5.92 Å². The molecule has 1 atom stereocenters. The summed E-state index contributed by atoms with van der Waals surface area (Å²) in [5.41, 5.74) is 6.66. The highest BCUT2D eigenvalue weighted by Gasteiger charge is 2.15. The predicted octanol–water partition coefficient (Wildman–Crippen LogP) is 1.22. The molecule has 1 unspecified atom stereocenters. The van der Waals surface area contributed by atoms with E-state index in [1.165, 1.54) is 6.07 Å². The summed E-state index contributed by atoms with van der Waals surface area (Å²) in [6, 6.07) is 4.65. The lowest BCUT2D eigenvalue weighted by Gasteiger charge is -2.21. The highest BCUT2D eigenvalue weighted by atomic mass is 19.1. The number of anilines is 1. The summed E-state index contributed by atoms with van der Waals surface area (Å²) in [4.78, 5) is 13.3. The van der Waals surface area contributed by atoms with E-state index in [1.54, 1.807) is 19.2 Å². The monoisotopic (exact) mass is 253 g/mol. The number of amides is 1. The number of hydrogen-bond acceptors (Lipinski definition) is 3. The Hall–Kier alpha value is -1.62. The normalized spacial score (nSPS) is 12.5. The Balaban J connectivity index is 2.65. The Morgan fingerprint density at radius 2 is 2.22 bits per heavy atom. The van der Waals surface area contributed by atoms with Crippen LogP contribution in [0.25, 0.3) is 0 Å². The van der Waals surface area contributed by atoms with E-state index >= 15 is 0 Å². The number of carbonyl (C=O) groups excluding carboxylic acids is 1. The van der Waals surface area contributed by atoms with Crippen molar-refractivity contribution < 1.29 is 9.18 Å². The van der Waals surface area contributed by atoms with E-state index in [-0.39, 0.29) is 17.6 Å². The fourth-order valence-corrected chi connectivity index (χ4v) is 1.87. The van der Waals surface area contributed by atoms with Crippen LogP contribution >= 0.6 is 0 Å². The van der Waals surface area contributed by atoms with Gasteiger partial charge in [-0.2, -0.15) is 0 Å². The van der Waals surface area contributed by atoms with Gasteiger partial charge in [-0.15, -0.1) is 0 Å². The molecule has 0 aliphatic rings. The molecule has 5 heteroatoms. The van der Waals surface area contributed by atoms with E-state index in [2.05, 4.69) is 5.32 Å². The first-order valence-corrected chi connectivity index (χ1v) is 5.88. The molecule has 100 valence electrons. The molecule has 1 aromatic rings. The third-order valence-electron chi connectivity index (χ3n) is 2.86. The minimum atomic E-state index is -0.311. The summed E-state index contributed by atoms with van der Waals surface area (Å²) in [6.45, 7) is 2.77. The number of halogens is 1. The minimum absolute atomic E-state index is 0.0247. The molecule has 0 aromatic heterocycles. The second-order valence-electron chi connectivity index (χ2n) is 4.52. The van der Waals surface area contributed by atoms with Gasteiger partial charge in [-0.1, -0.05) is 13.0 Å². The molecule has 1 amide bonds. The van der Waals surface area contributed by atoms with Gasteiger partial charge in [0.15, 0.2) is 0 Å². The number of nitrogen functional groups attached to an aromatic ring is 1. The summed E-state index contributed by atoms with van der Waals surface area (Å²) in [6.07, 6.45) is 0. The molecule has 0 saturated carbocycles. The molecule has 1 rings (SSSR count). The standard InChI is InChI=1S/C13H20FN3O/c1-9(13(18)16-2)7-17(3)8-10-11(14)5-4-6-12(10)15/h4-6,9H,7-8,15H2,1-3H3,(H,16,18). The van der Waals surface area contributed by atoms with Crippen LogP contribution in [0.4, 0.5) is 10.1 Å². The summed E-state index contributed by atoms with van der Waals surface area (Å²) in [5.74, 6) is -0.481. The second kappa shape index (κ2) is 6.35. The zero-order valence-corrected chi connectivity index (χ0v) is 11.0. The van der Waals surface area contributed by atoms with E-state index in [0.717, 1.165) is 0 Å². The van der Waals surface area contributed by atoms with Crippen LogP contribution in [-0.4, -0.2) is 31.4 Å². The first-order valence-electron chi connectivity index (χ1n) is 5.88. The molecule has 0 spiro atoms. The van der Waals surface area contributed by atoms with Gasteiger partial charge < -0.3 is 16.0 Å². The molecular formula is C13H20FN3O. The van der Waals surface area contributed by atoms with Crippen molar-refractivity contribution >= 4 is 11.6 Å². The number of nitrogens with two attached hydrogens (primary N) is 1. The van der Waals surface area contributed by atoms with Gasteiger partial charge in [0.25, 0.3) is 0 Å². The van der Waals surface area contributed by atoms with Gasteiger partial charge in [0.2, 0.25) is 5.91 Å². The number of benzene rings is 1. The van der Waals surface area contributed by atoms with Gasteiger partial charge in [0.05, 0.1) is 0 Å². The zero-order chi connectivity index (χ0) is 13.7. The van der Waals surface area contributed by atoms with Crippen LogP contribution in [0.1, 0.15) is 12.5 Å². The van der Waals surface area contributed by atoms with Crippen LogP contribution in [0.5, 0.6) is 0 Å². The maximum absolute atomic E-state index is 13.6. The van der Waals surface area contributed by atoms with Crippen molar-refractivity contribution in [3.8, 4) is 0 Å². The molecule has 4 nitrogen and oxygen atoms in total. The van der Waals surface area contributed by atoms with Crippen LogP contribution in [-0.2, 0) is 11.3 Å². The smallest absolute Gasteiger partial charge is 0.223 e. The lowest BCUT2D eigenvalue weighted by molar-refractivity contribution is -0.124. The van der Waals surface area contributed by atoms with Crippen molar-refractivity contribution in [3.63, 3.8) is 0 Å². The van der Waals surface area contributed by atoms with Crippen LogP contribution in [0.3, 0.4) is 0 Å². The maximum atomic E-state index is 13.6. The Morgan fingerprint density at radius 3 is 2.78 bits per heavy atom. The van der Waals surface area contributed by atoms with Gasteiger partial charge in [-0.25, -0.2) is 4.39 Å². The second-order valence-corrected chi connectivity index (χ2v) is 4.52. The summed E-state index contributed by atoms with van der Waals surface area (Å²) < 4.78 is 13.6. The Labute approximate surface area is 107 Å². The fraction of sp³-hybridized carbons (Fsp3) is 0.462.